The van der Waals surface area contributed by atoms with Crippen LogP contribution in [0.2, 0.25) is 0 Å². The second kappa shape index (κ2) is 5.98. The Bertz CT molecular complexity index is 672. The van der Waals surface area contributed by atoms with Crippen molar-refractivity contribution in [3.8, 4) is 11.8 Å². The number of hydrogen-bond acceptors (Lipinski definition) is 5. The van der Waals surface area contributed by atoms with Crippen LogP contribution in [0.15, 0.2) is 30.5 Å². The normalized spacial score (nSPS) is 15.9. The molecule has 0 N–H and O–H groups in total. The summed E-state index contributed by atoms with van der Waals surface area (Å²) in [4.78, 5) is 9.02. The van der Waals surface area contributed by atoms with E-state index in [2.05, 4.69) is 26.9 Å². The maximum atomic E-state index is 8.77. The maximum absolute atomic E-state index is 8.77. The molecule has 2 heterocycles. The van der Waals surface area contributed by atoms with Gasteiger partial charge in [-0.05, 0) is 23.6 Å². The summed E-state index contributed by atoms with van der Waals surface area (Å²) in [5.74, 6) is 1.85. The summed E-state index contributed by atoms with van der Waals surface area (Å²) < 4.78 is 5.32. The standard InChI is InChI=1S/C16H18N4O/c1-21-14-3-2-13-4-6-18-16(15(13)12-14)20-10-8-19(7-5-17)9-11-20/h2-4,6,12H,7-11H2,1H3. The van der Waals surface area contributed by atoms with Gasteiger partial charge in [-0.3, -0.25) is 4.90 Å². The molecule has 108 valence electrons. The summed E-state index contributed by atoms with van der Waals surface area (Å²) in [5.41, 5.74) is 0. The fourth-order valence-corrected chi connectivity index (χ4v) is 2.73. The second-order valence-electron chi connectivity index (χ2n) is 5.14. The van der Waals surface area contributed by atoms with Gasteiger partial charge in [-0.2, -0.15) is 5.26 Å². The van der Waals surface area contributed by atoms with Crippen molar-refractivity contribution in [1.29, 1.82) is 5.26 Å². The van der Waals surface area contributed by atoms with Gasteiger partial charge in [-0.25, -0.2) is 4.98 Å². The number of hydrogen-bond donors (Lipinski definition) is 0. The third kappa shape index (κ3) is 2.76. The Labute approximate surface area is 124 Å². The Morgan fingerprint density at radius 2 is 2.05 bits per heavy atom. The largest absolute Gasteiger partial charge is 0.497 e. The molecule has 0 radical (unpaired) electrons. The number of methoxy groups -OCH3 is 1. The number of aromatic nitrogens is 1. The number of pyridine rings is 1. The fraction of sp³-hybridized carbons (Fsp3) is 0.375. The van der Waals surface area contributed by atoms with Crippen molar-refractivity contribution in [2.24, 2.45) is 0 Å². The van der Waals surface area contributed by atoms with E-state index in [0.29, 0.717) is 6.54 Å². The molecule has 1 aromatic carbocycles. The lowest BCUT2D eigenvalue weighted by Gasteiger charge is -2.34. The van der Waals surface area contributed by atoms with Crippen LogP contribution in [0, 0.1) is 11.3 Å². The number of rotatable bonds is 3. The number of nitrogens with zero attached hydrogens (tertiary/aromatic N) is 4. The Hall–Kier alpha value is -2.32. The van der Waals surface area contributed by atoms with Crippen molar-refractivity contribution in [3.63, 3.8) is 0 Å². The summed E-state index contributed by atoms with van der Waals surface area (Å²) >= 11 is 0. The van der Waals surface area contributed by atoms with Crippen LogP contribution >= 0.6 is 0 Å². The first-order valence-corrected chi connectivity index (χ1v) is 7.09. The van der Waals surface area contributed by atoms with E-state index in [0.717, 1.165) is 43.1 Å². The van der Waals surface area contributed by atoms with E-state index in [1.165, 1.54) is 5.39 Å². The zero-order valence-corrected chi connectivity index (χ0v) is 12.1. The number of fused-ring (bicyclic) bond motifs is 1. The molecule has 0 spiro atoms. The van der Waals surface area contributed by atoms with Crippen molar-refractivity contribution in [2.75, 3.05) is 44.7 Å². The van der Waals surface area contributed by atoms with Crippen LogP contribution in [-0.4, -0.2) is 49.7 Å². The molecule has 5 heteroatoms. The van der Waals surface area contributed by atoms with Crippen LogP contribution in [0.3, 0.4) is 0 Å². The van der Waals surface area contributed by atoms with Gasteiger partial charge in [0.05, 0.1) is 19.7 Å². The van der Waals surface area contributed by atoms with Gasteiger partial charge in [-0.15, -0.1) is 0 Å². The van der Waals surface area contributed by atoms with Crippen molar-refractivity contribution in [1.82, 2.24) is 9.88 Å². The van der Waals surface area contributed by atoms with Crippen LogP contribution in [0.25, 0.3) is 10.8 Å². The van der Waals surface area contributed by atoms with Gasteiger partial charge in [0.15, 0.2) is 0 Å². The van der Waals surface area contributed by atoms with Crippen LogP contribution < -0.4 is 9.64 Å². The predicted octanol–water partition coefficient (Wildman–Crippen LogP) is 1.89. The van der Waals surface area contributed by atoms with Gasteiger partial charge < -0.3 is 9.64 Å². The number of anilines is 1. The van der Waals surface area contributed by atoms with Gasteiger partial charge in [0.1, 0.15) is 11.6 Å². The van der Waals surface area contributed by atoms with Gasteiger partial charge >= 0.3 is 0 Å². The average molecular weight is 282 g/mol. The number of piperazine rings is 1. The second-order valence-corrected chi connectivity index (χ2v) is 5.14. The summed E-state index contributed by atoms with van der Waals surface area (Å²) in [6, 6.07) is 10.3. The molecule has 0 unspecified atom stereocenters. The van der Waals surface area contributed by atoms with Gasteiger partial charge in [-0.1, -0.05) is 6.07 Å². The highest BCUT2D eigenvalue weighted by Crippen LogP contribution is 2.28. The minimum atomic E-state index is 0.505. The summed E-state index contributed by atoms with van der Waals surface area (Å²) in [7, 11) is 1.68. The monoisotopic (exact) mass is 282 g/mol. The van der Waals surface area contributed by atoms with Crippen LogP contribution in [-0.2, 0) is 0 Å². The Morgan fingerprint density at radius 3 is 2.76 bits per heavy atom. The highest BCUT2D eigenvalue weighted by Gasteiger charge is 2.19. The van der Waals surface area contributed by atoms with E-state index in [-0.39, 0.29) is 0 Å². The third-order valence-electron chi connectivity index (χ3n) is 3.92. The van der Waals surface area contributed by atoms with Gasteiger partial charge in [0.2, 0.25) is 0 Å². The van der Waals surface area contributed by atoms with E-state index in [1.807, 2.05) is 24.4 Å². The highest BCUT2D eigenvalue weighted by atomic mass is 16.5. The Balaban J connectivity index is 1.89. The fourth-order valence-electron chi connectivity index (χ4n) is 2.73. The topological polar surface area (TPSA) is 52.4 Å². The van der Waals surface area contributed by atoms with Crippen LogP contribution in [0.4, 0.5) is 5.82 Å². The summed E-state index contributed by atoms with van der Waals surface area (Å²) in [5, 5.41) is 11.1. The number of nitriles is 1. The zero-order valence-electron chi connectivity index (χ0n) is 12.1. The first-order valence-electron chi connectivity index (χ1n) is 7.09. The van der Waals surface area contributed by atoms with E-state index >= 15 is 0 Å². The zero-order chi connectivity index (χ0) is 14.7. The minimum Gasteiger partial charge on any atom is -0.497 e. The van der Waals surface area contributed by atoms with Gasteiger partial charge in [0.25, 0.3) is 0 Å². The Kier molecular flexibility index (Phi) is 3.89. The van der Waals surface area contributed by atoms with E-state index in [9.17, 15) is 0 Å². The molecule has 1 saturated heterocycles. The lowest BCUT2D eigenvalue weighted by atomic mass is 10.1. The quantitative estimate of drug-likeness (QED) is 0.805. The molecule has 1 aliphatic heterocycles. The first-order chi connectivity index (χ1) is 10.3. The maximum Gasteiger partial charge on any atom is 0.136 e. The summed E-state index contributed by atoms with van der Waals surface area (Å²) in [6.07, 6.45) is 1.85. The van der Waals surface area contributed by atoms with Crippen molar-refractivity contribution >= 4 is 16.6 Å². The third-order valence-corrected chi connectivity index (χ3v) is 3.92. The molecule has 21 heavy (non-hydrogen) atoms. The van der Waals surface area contributed by atoms with Crippen molar-refractivity contribution < 1.29 is 4.74 Å². The first kappa shape index (κ1) is 13.7. The molecule has 0 bridgehead atoms. The van der Waals surface area contributed by atoms with E-state index in [1.54, 1.807) is 7.11 Å². The molecular weight excluding hydrogens is 264 g/mol. The summed E-state index contributed by atoms with van der Waals surface area (Å²) in [6.45, 7) is 4.09. The molecule has 2 aromatic rings. The van der Waals surface area contributed by atoms with Crippen molar-refractivity contribution in [3.05, 3.63) is 30.5 Å². The van der Waals surface area contributed by atoms with Crippen molar-refractivity contribution in [2.45, 2.75) is 0 Å². The average Bonchev–Trinajstić information content (AvgIpc) is 2.55. The SMILES string of the molecule is COc1ccc2ccnc(N3CCN(CC#N)CC3)c2c1. The molecular formula is C16H18N4O. The lowest BCUT2D eigenvalue weighted by molar-refractivity contribution is 0.286. The Morgan fingerprint density at radius 1 is 1.24 bits per heavy atom. The lowest BCUT2D eigenvalue weighted by Crippen LogP contribution is -2.46. The molecule has 1 fully saturated rings. The molecule has 5 nitrogen and oxygen atoms in total. The molecule has 0 atom stereocenters. The molecule has 1 aromatic heterocycles. The number of benzene rings is 1. The molecule has 0 saturated carbocycles. The van der Waals surface area contributed by atoms with Gasteiger partial charge in [0, 0.05) is 37.8 Å². The van der Waals surface area contributed by atoms with Crippen LogP contribution in [0.5, 0.6) is 5.75 Å². The molecule has 0 amide bonds. The molecule has 0 aliphatic carbocycles. The molecule has 3 rings (SSSR count). The highest BCUT2D eigenvalue weighted by molar-refractivity contribution is 5.93. The number of ether oxygens (including phenoxy) is 1. The van der Waals surface area contributed by atoms with E-state index < -0.39 is 0 Å². The molecule has 1 aliphatic rings. The smallest absolute Gasteiger partial charge is 0.136 e. The van der Waals surface area contributed by atoms with Crippen LogP contribution in [0.1, 0.15) is 0 Å². The minimum absolute atomic E-state index is 0.505. The van der Waals surface area contributed by atoms with E-state index in [4.69, 9.17) is 10.00 Å². The predicted molar refractivity (Wildman–Crippen MR) is 82.6 cm³/mol.